The summed E-state index contributed by atoms with van der Waals surface area (Å²) in [7, 11) is 0. The lowest BCUT2D eigenvalue weighted by Gasteiger charge is -2.10. The summed E-state index contributed by atoms with van der Waals surface area (Å²) in [5.74, 6) is -0.589. The Morgan fingerprint density at radius 2 is 1.80 bits per heavy atom. The number of amides is 1. The number of hydrogen-bond acceptors (Lipinski definition) is 4. The predicted octanol–water partition coefficient (Wildman–Crippen LogP) is 4.84. The van der Waals surface area contributed by atoms with Gasteiger partial charge in [-0.05, 0) is 43.3 Å². The largest absolute Gasteiger partial charge is 0.482 e. The highest BCUT2D eigenvalue weighted by Crippen LogP contribution is 2.27. The minimum absolute atomic E-state index is 0.179. The first-order chi connectivity index (χ1) is 11.9. The SMILES string of the molecule is CCOC(=O)c1ccc(NC(=O)COc2ccc(Cl)cc2Cl)cc1Cl. The number of nitrogens with one attached hydrogen (secondary N) is 1. The molecule has 0 fully saturated rings. The van der Waals surface area contributed by atoms with Crippen molar-refractivity contribution in [2.45, 2.75) is 6.92 Å². The summed E-state index contributed by atoms with van der Waals surface area (Å²) in [5, 5.41) is 3.57. The van der Waals surface area contributed by atoms with Crippen LogP contribution in [0.1, 0.15) is 17.3 Å². The molecule has 0 saturated carbocycles. The van der Waals surface area contributed by atoms with Crippen LogP contribution in [-0.2, 0) is 9.53 Å². The Morgan fingerprint density at radius 1 is 1.04 bits per heavy atom. The molecule has 0 spiro atoms. The maximum absolute atomic E-state index is 12.0. The maximum atomic E-state index is 12.0. The van der Waals surface area contributed by atoms with E-state index < -0.39 is 11.9 Å². The molecule has 0 aliphatic rings. The average molecular weight is 403 g/mol. The van der Waals surface area contributed by atoms with Gasteiger partial charge in [-0.1, -0.05) is 34.8 Å². The Bertz CT molecular complexity index is 795. The number of ether oxygens (including phenoxy) is 2. The minimum atomic E-state index is -0.522. The molecular weight excluding hydrogens is 389 g/mol. The van der Waals surface area contributed by atoms with Crippen molar-refractivity contribution in [3.8, 4) is 5.75 Å². The molecule has 2 rings (SSSR count). The van der Waals surface area contributed by atoms with Crippen molar-refractivity contribution >= 4 is 52.4 Å². The van der Waals surface area contributed by atoms with Crippen molar-refractivity contribution in [3.63, 3.8) is 0 Å². The second kappa shape index (κ2) is 8.94. The zero-order chi connectivity index (χ0) is 18.4. The van der Waals surface area contributed by atoms with E-state index in [0.29, 0.717) is 21.5 Å². The van der Waals surface area contributed by atoms with Crippen molar-refractivity contribution in [3.05, 3.63) is 57.0 Å². The first kappa shape index (κ1) is 19.4. The van der Waals surface area contributed by atoms with Crippen molar-refractivity contribution in [1.29, 1.82) is 0 Å². The number of esters is 1. The molecule has 0 atom stereocenters. The van der Waals surface area contributed by atoms with Crippen LogP contribution in [-0.4, -0.2) is 25.1 Å². The van der Waals surface area contributed by atoms with Gasteiger partial charge in [0.05, 0.1) is 22.2 Å². The van der Waals surface area contributed by atoms with E-state index in [1.54, 1.807) is 25.1 Å². The maximum Gasteiger partial charge on any atom is 0.339 e. The highest BCUT2D eigenvalue weighted by molar-refractivity contribution is 6.35. The van der Waals surface area contributed by atoms with Crippen LogP contribution in [0.4, 0.5) is 5.69 Å². The molecule has 2 aromatic carbocycles. The summed E-state index contributed by atoms with van der Waals surface area (Å²) < 4.78 is 10.2. The molecule has 1 N–H and O–H groups in total. The van der Waals surface area contributed by atoms with E-state index in [1.807, 2.05) is 0 Å². The van der Waals surface area contributed by atoms with Gasteiger partial charge in [0.1, 0.15) is 5.75 Å². The molecule has 0 saturated heterocycles. The second-order valence-corrected chi connectivity index (χ2v) is 6.08. The lowest BCUT2D eigenvalue weighted by atomic mass is 10.2. The molecule has 8 heteroatoms. The summed E-state index contributed by atoms with van der Waals surface area (Å²) in [5.41, 5.74) is 0.652. The fourth-order valence-corrected chi connectivity index (χ4v) is 2.62. The quantitative estimate of drug-likeness (QED) is 0.702. The predicted molar refractivity (Wildman–Crippen MR) is 98.0 cm³/mol. The molecule has 0 aliphatic carbocycles. The van der Waals surface area contributed by atoms with Crippen LogP contribution in [0.5, 0.6) is 5.75 Å². The Balaban J connectivity index is 1.96. The molecule has 0 unspecified atom stereocenters. The lowest BCUT2D eigenvalue weighted by Crippen LogP contribution is -2.20. The van der Waals surface area contributed by atoms with Gasteiger partial charge >= 0.3 is 5.97 Å². The molecule has 25 heavy (non-hydrogen) atoms. The van der Waals surface area contributed by atoms with E-state index in [0.717, 1.165) is 0 Å². The molecule has 0 aliphatic heterocycles. The van der Waals surface area contributed by atoms with Crippen molar-refractivity contribution in [2.75, 3.05) is 18.5 Å². The van der Waals surface area contributed by atoms with Crippen molar-refractivity contribution < 1.29 is 19.1 Å². The molecule has 1 amide bonds. The topological polar surface area (TPSA) is 64.6 Å². The van der Waals surface area contributed by atoms with Gasteiger partial charge in [0.25, 0.3) is 5.91 Å². The standard InChI is InChI=1S/C17H14Cl3NO4/c1-2-24-17(23)12-5-4-11(8-13(12)19)21-16(22)9-25-15-6-3-10(18)7-14(15)20/h3-8H,2,9H2,1H3,(H,21,22). The molecule has 5 nitrogen and oxygen atoms in total. The number of hydrogen-bond donors (Lipinski definition) is 1. The number of anilines is 1. The third kappa shape index (κ3) is 5.53. The normalized spacial score (nSPS) is 10.2. The van der Waals surface area contributed by atoms with Gasteiger partial charge < -0.3 is 14.8 Å². The van der Waals surface area contributed by atoms with Gasteiger partial charge in [-0.25, -0.2) is 4.79 Å². The number of rotatable bonds is 6. The summed E-state index contributed by atoms with van der Waals surface area (Å²) in [6, 6.07) is 9.18. The Labute approximate surface area is 159 Å². The molecule has 2 aromatic rings. The van der Waals surface area contributed by atoms with Crippen LogP contribution in [0.15, 0.2) is 36.4 Å². The van der Waals surface area contributed by atoms with Crippen LogP contribution in [0.25, 0.3) is 0 Å². The zero-order valence-electron chi connectivity index (χ0n) is 13.1. The molecule has 132 valence electrons. The van der Waals surface area contributed by atoms with Crippen molar-refractivity contribution in [1.82, 2.24) is 0 Å². The Morgan fingerprint density at radius 3 is 2.44 bits per heavy atom. The smallest absolute Gasteiger partial charge is 0.339 e. The van der Waals surface area contributed by atoms with E-state index in [1.165, 1.54) is 18.2 Å². The zero-order valence-corrected chi connectivity index (χ0v) is 15.4. The van der Waals surface area contributed by atoms with E-state index in [4.69, 9.17) is 44.3 Å². The highest BCUT2D eigenvalue weighted by atomic mass is 35.5. The summed E-state index contributed by atoms with van der Waals surface area (Å²) >= 11 is 17.8. The first-order valence-corrected chi connectivity index (χ1v) is 8.38. The molecule has 0 aromatic heterocycles. The molecular formula is C17H14Cl3NO4. The second-order valence-electron chi connectivity index (χ2n) is 4.83. The summed E-state index contributed by atoms with van der Waals surface area (Å²) in [6.07, 6.45) is 0. The third-order valence-corrected chi connectivity index (χ3v) is 3.84. The third-order valence-electron chi connectivity index (χ3n) is 3.00. The number of halogens is 3. The van der Waals surface area contributed by atoms with E-state index in [-0.39, 0.29) is 23.8 Å². The number of carbonyl (C=O) groups is 2. The number of carbonyl (C=O) groups excluding carboxylic acids is 2. The van der Waals surface area contributed by atoms with Gasteiger partial charge in [-0.3, -0.25) is 4.79 Å². The molecule has 0 radical (unpaired) electrons. The minimum Gasteiger partial charge on any atom is -0.482 e. The fraction of sp³-hybridized carbons (Fsp3) is 0.176. The first-order valence-electron chi connectivity index (χ1n) is 7.25. The van der Waals surface area contributed by atoms with Crippen LogP contribution < -0.4 is 10.1 Å². The van der Waals surface area contributed by atoms with Gasteiger partial charge in [0, 0.05) is 10.7 Å². The van der Waals surface area contributed by atoms with E-state index in [2.05, 4.69) is 5.32 Å². The molecule has 0 heterocycles. The summed E-state index contributed by atoms with van der Waals surface area (Å²) in [4.78, 5) is 23.6. The van der Waals surface area contributed by atoms with Gasteiger partial charge in [0.15, 0.2) is 6.61 Å². The van der Waals surface area contributed by atoms with Crippen LogP contribution in [0.3, 0.4) is 0 Å². The van der Waals surface area contributed by atoms with Crippen LogP contribution >= 0.6 is 34.8 Å². The summed E-state index contributed by atoms with van der Waals surface area (Å²) in [6.45, 7) is 1.70. The monoisotopic (exact) mass is 401 g/mol. The van der Waals surface area contributed by atoms with Gasteiger partial charge in [0.2, 0.25) is 0 Å². The van der Waals surface area contributed by atoms with Crippen molar-refractivity contribution in [2.24, 2.45) is 0 Å². The lowest BCUT2D eigenvalue weighted by molar-refractivity contribution is -0.118. The fourth-order valence-electron chi connectivity index (χ4n) is 1.90. The Hall–Kier alpha value is -1.95. The number of benzene rings is 2. The molecule has 0 bridgehead atoms. The Kier molecular flexibility index (Phi) is 6.93. The van der Waals surface area contributed by atoms with E-state index in [9.17, 15) is 9.59 Å². The average Bonchev–Trinajstić information content (AvgIpc) is 2.54. The van der Waals surface area contributed by atoms with Crippen LogP contribution in [0, 0.1) is 0 Å². The highest BCUT2D eigenvalue weighted by Gasteiger charge is 2.13. The van der Waals surface area contributed by atoms with Gasteiger partial charge in [-0.2, -0.15) is 0 Å². The van der Waals surface area contributed by atoms with E-state index >= 15 is 0 Å². The van der Waals surface area contributed by atoms with Crippen LogP contribution in [0.2, 0.25) is 15.1 Å². The van der Waals surface area contributed by atoms with Gasteiger partial charge in [-0.15, -0.1) is 0 Å².